The summed E-state index contributed by atoms with van der Waals surface area (Å²) < 4.78 is 31.0. The highest BCUT2D eigenvalue weighted by atomic mass is 16.6. The van der Waals surface area contributed by atoms with Crippen LogP contribution in [0.2, 0.25) is 0 Å². The molecule has 0 aliphatic rings. The Balaban J connectivity index is 5.49. The van der Waals surface area contributed by atoms with Gasteiger partial charge in [0.15, 0.2) is 12.2 Å². The summed E-state index contributed by atoms with van der Waals surface area (Å²) in [6, 6.07) is 0. The monoisotopic (exact) mass is 350 g/mol. The predicted molar refractivity (Wildman–Crippen MR) is 81.2 cm³/mol. The Morgan fingerprint density at radius 2 is 1.29 bits per heavy atom. The lowest BCUT2D eigenvalue weighted by atomic mass is 10.0. The number of methoxy groups -OCH3 is 3. The summed E-state index contributed by atoms with van der Waals surface area (Å²) >= 11 is 0. The fourth-order valence-electron chi connectivity index (χ4n) is 2.11. The van der Waals surface area contributed by atoms with Gasteiger partial charge < -0.3 is 28.4 Å². The first kappa shape index (κ1) is 22.3. The van der Waals surface area contributed by atoms with Crippen LogP contribution >= 0.6 is 0 Å². The third kappa shape index (κ3) is 8.23. The molecule has 9 heteroatoms. The van der Waals surface area contributed by atoms with Crippen molar-refractivity contribution in [3.05, 3.63) is 0 Å². The Morgan fingerprint density at radius 3 is 1.67 bits per heavy atom. The molecule has 0 unspecified atom stereocenters. The van der Waals surface area contributed by atoms with Crippen molar-refractivity contribution in [2.45, 2.75) is 45.2 Å². The van der Waals surface area contributed by atoms with Crippen LogP contribution < -0.4 is 0 Å². The van der Waals surface area contributed by atoms with E-state index < -0.39 is 42.3 Å². The third-order valence-electron chi connectivity index (χ3n) is 3.03. The molecule has 0 spiro atoms. The van der Waals surface area contributed by atoms with Gasteiger partial charge in [-0.05, 0) is 0 Å². The lowest BCUT2D eigenvalue weighted by molar-refractivity contribution is -0.195. The van der Waals surface area contributed by atoms with Crippen molar-refractivity contribution in [2.75, 3.05) is 34.5 Å². The van der Waals surface area contributed by atoms with E-state index in [9.17, 15) is 14.4 Å². The second kappa shape index (κ2) is 11.8. The minimum atomic E-state index is -0.991. The van der Waals surface area contributed by atoms with Gasteiger partial charge in [0, 0.05) is 42.1 Å². The molecule has 0 aromatic rings. The van der Waals surface area contributed by atoms with Crippen molar-refractivity contribution >= 4 is 17.9 Å². The molecule has 24 heavy (non-hydrogen) atoms. The van der Waals surface area contributed by atoms with E-state index in [-0.39, 0.29) is 13.2 Å². The average molecular weight is 350 g/mol. The van der Waals surface area contributed by atoms with E-state index >= 15 is 0 Å². The van der Waals surface area contributed by atoms with Gasteiger partial charge in [0.25, 0.3) is 0 Å². The molecular weight excluding hydrogens is 324 g/mol. The number of carbonyl (C=O) groups is 3. The SMILES string of the molecule is COC[C@@H](OC)[C@H](OC(C)=O)[C@H](OC)[C@H](COC(C)=O)OC(C)=O. The van der Waals surface area contributed by atoms with Crippen molar-refractivity contribution in [3.63, 3.8) is 0 Å². The number of esters is 3. The molecule has 0 rings (SSSR count). The van der Waals surface area contributed by atoms with Crippen LogP contribution in [0.5, 0.6) is 0 Å². The Bertz CT molecular complexity index is 410. The molecule has 0 N–H and O–H groups in total. The van der Waals surface area contributed by atoms with Crippen LogP contribution in [0.3, 0.4) is 0 Å². The van der Waals surface area contributed by atoms with Gasteiger partial charge in [-0.25, -0.2) is 0 Å². The number of carbonyl (C=O) groups excluding carboxylic acids is 3. The van der Waals surface area contributed by atoms with Gasteiger partial charge in [-0.3, -0.25) is 14.4 Å². The molecule has 0 heterocycles. The van der Waals surface area contributed by atoms with Gasteiger partial charge in [-0.2, -0.15) is 0 Å². The zero-order valence-electron chi connectivity index (χ0n) is 14.9. The van der Waals surface area contributed by atoms with Crippen molar-refractivity contribution in [1.29, 1.82) is 0 Å². The van der Waals surface area contributed by atoms with Gasteiger partial charge in [0.2, 0.25) is 0 Å². The largest absolute Gasteiger partial charge is 0.462 e. The molecule has 0 saturated heterocycles. The maximum Gasteiger partial charge on any atom is 0.303 e. The molecule has 0 aromatic carbocycles. The molecule has 0 amide bonds. The van der Waals surface area contributed by atoms with Crippen LogP contribution in [0.25, 0.3) is 0 Å². The van der Waals surface area contributed by atoms with Crippen LogP contribution in [-0.4, -0.2) is 76.9 Å². The number of hydrogen-bond acceptors (Lipinski definition) is 9. The summed E-state index contributed by atoms with van der Waals surface area (Å²) in [7, 11) is 4.23. The standard InChI is InChI=1S/C15H26O9/c1-9(16)22-8-13(23-10(2)17)14(21-6)15(24-11(3)18)12(20-5)7-19-4/h12-15H,7-8H2,1-6H3/t12-,13+,14-,15+/m1/s1. The van der Waals surface area contributed by atoms with Gasteiger partial charge >= 0.3 is 17.9 Å². The van der Waals surface area contributed by atoms with E-state index in [1.165, 1.54) is 42.1 Å². The average Bonchev–Trinajstić information content (AvgIpc) is 2.48. The van der Waals surface area contributed by atoms with Crippen LogP contribution in [0.15, 0.2) is 0 Å². The lowest BCUT2D eigenvalue weighted by Gasteiger charge is -2.34. The quantitative estimate of drug-likeness (QED) is 0.378. The Labute approximate surface area is 141 Å². The summed E-state index contributed by atoms with van der Waals surface area (Å²) in [4.78, 5) is 33.8. The summed E-state index contributed by atoms with van der Waals surface area (Å²) in [5, 5.41) is 0. The normalized spacial score (nSPS) is 15.8. The van der Waals surface area contributed by atoms with E-state index in [1.807, 2.05) is 0 Å². The zero-order chi connectivity index (χ0) is 18.7. The van der Waals surface area contributed by atoms with E-state index in [0.29, 0.717) is 0 Å². The van der Waals surface area contributed by atoms with Crippen LogP contribution in [0, 0.1) is 0 Å². The number of hydrogen-bond donors (Lipinski definition) is 0. The molecule has 0 saturated carbocycles. The van der Waals surface area contributed by atoms with Crippen molar-refractivity contribution in [2.24, 2.45) is 0 Å². The van der Waals surface area contributed by atoms with Crippen molar-refractivity contribution in [3.8, 4) is 0 Å². The third-order valence-corrected chi connectivity index (χ3v) is 3.03. The molecule has 4 atom stereocenters. The topological polar surface area (TPSA) is 107 Å². The zero-order valence-corrected chi connectivity index (χ0v) is 14.9. The summed E-state index contributed by atoms with van der Waals surface area (Å²) in [5.74, 6) is -1.73. The number of rotatable bonds is 11. The van der Waals surface area contributed by atoms with E-state index in [1.54, 1.807) is 0 Å². The molecular formula is C15H26O9. The first-order valence-electron chi connectivity index (χ1n) is 7.29. The molecule has 0 aliphatic heterocycles. The fourth-order valence-corrected chi connectivity index (χ4v) is 2.11. The summed E-state index contributed by atoms with van der Waals surface area (Å²) in [6.07, 6.45) is -3.55. The molecule has 0 bridgehead atoms. The van der Waals surface area contributed by atoms with Crippen LogP contribution in [0.4, 0.5) is 0 Å². The second-order valence-electron chi connectivity index (χ2n) is 4.95. The Hall–Kier alpha value is -1.71. The molecule has 140 valence electrons. The molecule has 0 fully saturated rings. The lowest BCUT2D eigenvalue weighted by Crippen LogP contribution is -2.52. The van der Waals surface area contributed by atoms with E-state index in [4.69, 9.17) is 28.4 Å². The van der Waals surface area contributed by atoms with Crippen molar-refractivity contribution in [1.82, 2.24) is 0 Å². The fraction of sp³-hybridized carbons (Fsp3) is 0.800. The van der Waals surface area contributed by atoms with E-state index in [2.05, 4.69) is 0 Å². The number of ether oxygens (including phenoxy) is 6. The molecule has 0 aromatic heterocycles. The maximum absolute atomic E-state index is 11.4. The Morgan fingerprint density at radius 1 is 0.708 bits per heavy atom. The predicted octanol–water partition coefficient (Wildman–Crippen LogP) is 0.0893. The highest BCUT2D eigenvalue weighted by molar-refractivity contribution is 5.67. The van der Waals surface area contributed by atoms with Crippen LogP contribution in [0.1, 0.15) is 20.8 Å². The maximum atomic E-state index is 11.4. The first-order chi connectivity index (χ1) is 11.3. The molecule has 0 radical (unpaired) electrons. The van der Waals surface area contributed by atoms with E-state index in [0.717, 1.165) is 0 Å². The highest BCUT2D eigenvalue weighted by Crippen LogP contribution is 2.18. The minimum absolute atomic E-state index is 0.106. The second-order valence-corrected chi connectivity index (χ2v) is 4.95. The Kier molecular flexibility index (Phi) is 10.9. The summed E-state index contributed by atoms with van der Waals surface area (Å²) in [5.41, 5.74) is 0. The summed E-state index contributed by atoms with van der Waals surface area (Å²) in [6.45, 7) is 3.51. The molecule has 9 nitrogen and oxygen atoms in total. The van der Waals surface area contributed by atoms with Gasteiger partial charge in [-0.1, -0.05) is 0 Å². The van der Waals surface area contributed by atoms with Crippen molar-refractivity contribution < 1.29 is 42.8 Å². The molecule has 0 aliphatic carbocycles. The van der Waals surface area contributed by atoms with Gasteiger partial charge in [-0.15, -0.1) is 0 Å². The van der Waals surface area contributed by atoms with Gasteiger partial charge in [0.05, 0.1) is 6.61 Å². The first-order valence-corrected chi connectivity index (χ1v) is 7.29. The van der Waals surface area contributed by atoms with Crippen LogP contribution in [-0.2, 0) is 42.8 Å². The minimum Gasteiger partial charge on any atom is -0.462 e. The van der Waals surface area contributed by atoms with Gasteiger partial charge in [0.1, 0.15) is 18.8 Å². The smallest absolute Gasteiger partial charge is 0.303 e. The highest BCUT2D eigenvalue weighted by Gasteiger charge is 2.40.